The molecule has 0 spiro atoms. The molecular formula is C21H17ClF3N3OS. The number of carbonyl (C=O) groups is 1. The highest BCUT2D eigenvalue weighted by Crippen LogP contribution is 2.44. The fourth-order valence-electron chi connectivity index (χ4n) is 3.89. The first-order valence-electron chi connectivity index (χ1n) is 9.08. The molecule has 1 amide bonds. The number of hydrogen-bond acceptors (Lipinski definition) is 3. The summed E-state index contributed by atoms with van der Waals surface area (Å²) in [5, 5.41) is 3.64. The van der Waals surface area contributed by atoms with Gasteiger partial charge in [-0.05, 0) is 28.8 Å². The minimum Gasteiger partial charge on any atom is -0.333 e. The van der Waals surface area contributed by atoms with E-state index in [-0.39, 0.29) is 17.4 Å². The second-order valence-corrected chi connectivity index (χ2v) is 8.82. The number of rotatable bonds is 3. The van der Waals surface area contributed by atoms with Gasteiger partial charge >= 0.3 is 6.18 Å². The third-order valence-electron chi connectivity index (χ3n) is 5.13. The predicted octanol–water partition coefficient (Wildman–Crippen LogP) is 5.48. The molecule has 1 aromatic carbocycles. The Labute approximate surface area is 180 Å². The van der Waals surface area contributed by atoms with Crippen molar-refractivity contribution < 1.29 is 18.0 Å². The molecule has 0 aliphatic carbocycles. The first-order chi connectivity index (χ1) is 14.2. The molecule has 0 bridgehead atoms. The summed E-state index contributed by atoms with van der Waals surface area (Å²) < 4.78 is 42.6. The molecule has 30 heavy (non-hydrogen) atoms. The van der Waals surface area contributed by atoms with Gasteiger partial charge in [-0.15, -0.1) is 11.3 Å². The molecule has 1 atom stereocenters. The number of halogens is 4. The number of benzene rings is 1. The van der Waals surface area contributed by atoms with E-state index in [9.17, 15) is 18.0 Å². The van der Waals surface area contributed by atoms with Crippen LogP contribution in [0.15, 0.2) is 49.2 Å². The third-order valence-corrected chi connectivity index (χ3v) is 6.40. The van der Waals surface area contributed by atoms with E-state index in [1.54, 1.807) is 29.2 Å². The summed E-state index contributed by atoms with van der Waals surface area (Å²) in [6.45, 7) is 4.27. The number of aromatic nitrogens is 2. The quantitative estimate of drug-likeness (QED) is 0.494. The van der Waals surface area contributed by atoms with Crippen LogP contribution < -0.4 is 0 Å². The number of carbonyl (C=O) groups excluding carboxylic acids is 1. The minimum atomic E-state index is -4.59. The lowest BCUT2D eigenvalue weighted by Crippen LogP contribution is -2.37. The van der Waals surface area contributed by atoms with Gasteiger partial charge in [-0.2, -0.15) is 18.3 Å². The van der Waals surface area contributed by atoms with Gasteiger partial charge in [0.1, 0.15) is 0 Å². The summed E-state index contributed by atoms with van der Waals surface area (Å²) in [5.74, 6) is -0.552. The van der Waals surface area contributed by atoms with Crippen molar-refractivity contribution in [2.75, 3.05) is 6.54 Å². The molecule has 4 rings (SSSR count). The molecule has 0 fully saturated rings. The molecule has 1 aliphatic heterocycles. The number of alkyl halides is 3. The normalized spacial score (nSPS) is 16.4. The average Bonchev–Trinajstić information content (AvgIpc) is 3.28. The summed E-state index contributed by atoms with van der Waals surface area (Å²) in [6, 6.07) is 8.77. The van der Waals surface area contributed by atoms with Crippen LogP contribution in [0.25, 0.3) is 11.1 Å². The van der Waals surface area contributed by atoms with Gasteiger partial charge in [-0.25, -0.2) is 0 Å². The predicted molar refractivity (Wildman–Crippen MR) is 110 cm³/mol. The zero-order valence-electron chi connectivity index (χ0n) is 15.9. The van der Waals surface area contributed by atoms with Crippen molar-refractivity contribution >= 4 is 28.8 Å². The maximum Gasteiger partial charge on any atom is 0.435 e. The number of nitrogens with zero attached hydrogens (tertiary/aromatic N) is 3. The fraction of sp³-hybridized carbons (Fsp3) is 0.238. The molecule has 3 heterocycles. The molecular weight excluding hydrogens is 435 g/mol. The zero-order valence-corrected chi connectivity index (χ0v) is 17.5. The highest BCUT2D eigenvalue weighted by Gasteiger charge is 2.39. The van der Waals surface area contributed by atoms with Crippen molar-refractivity contribution in [2.24, 2.45) is 7.05 Å². The van der Waals surface area contributed by atoms with Crippen LogP contribution in [0.1, 0.15) is 27.6 Å². The molecule has 0 unspecified atom stereocenters. The lowest BCUT2D eigenvalue weighted by molar-refractivity contribution is -0.141. The van der Waals surface area contributed by atoms with Gasteiger partial charge in [-0.1, -0.05) is 42.4 Å². The van der Waals surface area contributed by atoms with Gasteiger partial charge in [0.2, 0.25) is 5.91 Å². The second-order valence-electron chi connectivity index (χ2n) is 7.05. The molecule has 1 aliphatic rings. The van der Waals surface area contributed by atoms with E-state index >= 15 is 0 Å². The Bertz CT molecular complexity index is 1130. The summed E-state index contributed by atoms with van der Waals surface area (Å²) >= 11 is 7.62. The number of fused-ring (bicyclic) bond motifs is 1. The minimum absolute atomic E-state index is 0.00986. The van der Waals surface area contributed by atoms with Crippen molar-refractivity contribution in [1.82, 2.24) is 14.7 Å². The van der Waals surface area contributed by atoms with Crippen molar-refractivity contribution in [3.05, 3.63) is 75.2 Å². The summed E-state index contributed by atoms with van der Waals surface area (Å²) in [6.07, 6.45) is -1.97. The van der Waals surface area contributed by atoms with Crippen molar-refractivity contribution in [3.63, 3.8) is 0 Å². The lowest BCUT2D eigenvalue weighted by atomic mass is 9.84. The summed E-state index contributed by atoms with van der Waals surface area (Å²) in [4.78, 5) is 14.9. The van der Waals surface area contributed by atoms with Gasteiger partial charge in [0.05, 0.1) is 10.9 Å². The Kier molecular flexibility index (Phi) is 5.23. The SMILES string of the molecule is C=CC(=O)N1Cc2sc(Cl)cc2[C@@H](c2ccccc2-c2cn(C)nc2C(F)(F)F)C1. The Morgan fingerprint density at radius 1 is 1.30 bits per heavy atom. The maximum atomic E-state index is 13.6. The molecule has 0 radical (unpaired) electrons. The molecule has 2 aromatic heterocycles. The van der Waals surface area contributed by atoms with E-state index in [4.69, 9.17) is 11.6 Å². The van der Waals surface area contributed by atoms with E-state index in [2.05, 4.69) is 11.7 Å². The molecule has 0 saturated heterocycles. The van der Waals surface area contributed by atoms with Crippen molar-refractivity contribution in [1.29, 1.82) is 0 Å². The van der Waals surface area contributed by atoms with Gasteiger partial charge in [0.15, 0.2) is 5.69 Å². The molecule has 156 valence electrons. The van der Waals surface area contributed by atoms with Crippen LogP contribution in [0.4, 0.5) is 13.2 Å². The summed E-state index contributed by atoms with van der Waals surface area (Å²) in [7, 11) is 1.46. The van der Waals surface area contributed by atoms with Crippen LogP contribution in [0.3, 0.4) is 0 Å². The smallest absolute Gasteiger partial charge is 0.333 e. The average molecular weight is 452 g/mol. The summed E-state index contributed by atoms with van der Waals surface area (Å²) in [5.41, 5.74) is 1.13. The van der Waals surface area contributed by atoms with Crippen LogP contribution in [0.5, 0.6) is 0 Å². The molecule has 3 aromatic rings. The fourth-order valence-corrected chi connectivity index (χ4v) is 5.25. The van der Waals surface area contributed by atoms with Crippen LogP contribution in [0.2, 0.25) is 4.34 Å². The largest absolute Gasteiger partial charge is 0.435 e. The maximum absolute atomic E-state index is 13.6. The number of hydrogen-bond donors (Lipinski definition) is 0. The number of amides is 1. The lowest BCUT2D eigenvalue weighted by Gasteiger charge is -2.33. The van der Waals surface area contributed by atoms with Crippen LogP contribution >= 0.6 is 22.9 Å². The Balaban J connectivity index is 1.89. The van der Waals surface area contributed by atoms with Crippen LogP contribution in [0, 0.1) is 0 Å². The first-order valence-corrected chi connectivity index (χ1v) is 10.3. The molecule has 4 nitrogen and oxygen atoms in total. The van der Waals surface area contributed by atoms with Crippen molar-refractivity contribution in [2.45, 2.75) is 18.6 Å². The van der Waals surface area contributed by atoms with Crippen LogP contribution in [-0.4, -0.2) is 27.1 Å². The monoisotopic (exact) mass is 451 g/mol. The third kappa shape index (κ3) is 3.65. The molecule has 9 heteroatoms. The van der Waals surface area contributed by atoms with Gasteiger partial charge < -0.3 is 4.90 Å². The van der Waals surface area contributed by atoms with E-state index < -0.39 is 11.9 Å². The highest BCUT2D eigenvalue weighted by atomic mass is 35.5. The Morgan fingerprint density at radius 3 is 2.73 bits per heavy atom. The zero-order chi connectivity index (χ0) is 21.6. The van der Waals surface area contributed by atoms with Crippen LogP contribution in [-0.2, 0) is 24.6 Å². The van der Waals surface area contributed by atoms with E-state index in [0.717, 1.165) is 15.1 Å². The number of thiophene rings is 1. The van der Waals surface area contributed by atoms with E-state index in [0.29, 0.717) is 28.6 Å². The Hall–Kier alpha value is -2.58. The number of aryl methyl sites for hydroxylation is 1. The second kappa shape index (κ2) is 7.59. The Morgan fingerprint density at radius 2 is 2.03 bits per heavy atom. The van der Waals surface area contributed by atoms with E-state index in [1.165, 1.54) is 30.7 Å². The first kappa shape index (κ1) is 20.7. The highest BCUT2D eigenvalue weighted by molar-refractivity contribution is 7.16. The van der Waals surface area contributed by atoms with Gasteiger partial charge in [0, 0.05) is 36.1 Å². The topological polar surface area (TPSA) is 38.1 Å². The van der Waals surface area contributed by atoms with E-state index in [1.807, 2.05) is 6.07 Å². The standard InChI is InChI=1S/C21H17ClF3N3OS/c1-3-19(29)28-10-15(14-8-18(22)30-17(14)11-28)12-6-4-5-7-13(12)16-9-27(2)26-20(16)21(23,24)25/h3-9,15H,1,10-11H2,2H3/t15-/m1/s1. The van der Waals surface area contributed by atoms with Gasteiger partial charge in [-0.3, -0.25) is 9.48 Å². The molecule has 0 N–H and O–H groups in total. The molecule has 0 saturated carbocycles. The van der Waals surface area contributed by atoms with Crippen molar-refractivity contribution in [3.8, 4) is 11.1 Å². The van der Waals surface area contributed by atoms with Gasteiger partial charge in [0.25, 0.3) is 0 Å².